The van der Waals surface area contributed by atoms with Gasteiger partial charge < -0.3 is 9.47 Å². The summed E-state index contributed by atoms with van der Waals surface area (Å²) in [5.41, 5.74) is 3.49. The van der Waals surface area contributed by atoms with Gasteiger partial charge in [0.1, 0.15) is 0 Å². The van der Waals surface area contributed by atoms with E-state index in [1.165, 1.54) is 13.2 Å². The molecule has 0 fully saturated rings. The van der Waals surface area contributed by atoms with Crippen LogP contribution in [0.25, 0.3) is 0 Å². The van der Waals surface area contributed by atoms with Gasteiger partial charge in [-0.2, -0.15) is 10.4 Å². The maximum Gasteiger partial charge on any atom is 0.311 e. The Kier molecular flexibility index (Phi) is 5.02. The normalized spacial score (nSPS) is 10.2. The number of aryl methyl sites for hydroxylation is 2. The van der Waals surface area contributed by atoms with Crippen molar-refractivity contribution in [2.75, 3.05) is 7.11 Å². The smallest absolute Gasteiger partial charge is 0.311 e. The summed E-state index contributed by atoms with van der Waals surface area (Å²) in [6.45, 7) is 3.90. The number of aromatic nitrogens is 2. The van der Waals surface area contributed by atoms with Crippen LogP contribution in [-0.4, -0.2) is 22.9 Å². The lowest BCUT2D eigenvalue weighted by atomic mass is 10.1. The predicted molar refractivity (Wildman–Crippen MR) is 84.3 cm³/mol. The van der Waals surface area contributed by atoms with E-state index in [-0.39, 0.29) is 12.4 Å². The molecular weight excluding hydrogens is 294 g/mol. The molecule has 6 heteroatoms. The van der Waals surface area contributed by atoms with E-state index in [1.54, 1.807) is 16.8 Å². The van der Waals surface area contributed by atoms with Crippen molar-refractivity contribution in [2.45, 2.75) is 26.7 Å². The van der Waals surface area contributed by atoms with Gasteiger partial charge >= 0.3 is 5.97 Å². The molecule has 2 aromatic rings. The Balaban J connectivity index is 2.04. The lowest BCUT2D eigenvalue weighted by Crippen LogP contribution is -2.10. The highest BCUT2D eigenvalue weighted by molar-refractivity contribution is 5.73. The molecule has 0 aliphatic carbocycles. The van der Waals surface area contributed by atoms with E-state index in [0.29, 0.717) is 23.5 Å². The van der Waals surface area contributed by atoms with Crippen LogP contribution in [0.3, 0.4) is 0 Å². The van der Waals surface area contributed by atoms with Gasteiger partial charge in [-0.3, -0.25) is 9.48 Å². The van der Waals surface area contributed by atoms with Crippen molar-refractivity contribution in [3.63, 3.8) is 0 Å². The molecule has 0 radical (unpaired) electrons. The van der Waals surface area contributed by atoms with Crippen LogP contribution in [0.5, 0.6) is 11.5 Å². The van der Waals surface area contributed by atoms with Crippen LogP contribution in [0.15, 0.2) is 18.2 Å². The Morgan fingerprint density at radius 1 is 1.35 bits per heavy atom. The Labute approximate surface area is 135 Å². The number of ether oxygens (including phenoxy) is 2. The van der Waals surface area contributed by atoms with Gasteiger partial charge in [-0.15, -0.1) is 0 Å². The first kappa shape index (κ1) is 16.6. The maximum absolute atomic E-state index is 12.1. The Morgan fingerprint density at radius 3 is 2.65 bits per heavy atom. The average Bonchev–Trinajstić information content (AvgIpc) is 2.78. The van der Waals surface area contributed by atoms with E-state index in [0.717, 1.165) is 17.0 Å². The number of hydrogen-bond acceptors (Lipinski definition) is 5. The van der Waals surface area contributed by atoms with Crippen LogP contribution in [0, 0.1) is 25.2 Å². The predicted octanol–water partition coefficient (Wildman–Crippen LogP) is 2.46. The second-order valence-electron chi connectivity index (χ2n) is 5.22. The lowest BCUT2D eigenvalue weighted by molar-refractivity contribution is -0.134. The third kappa shape index (κ3) is 3.69. The van der Waals surface area contributed by atoms with E-state index in [1.807, 2.05) is 27.0 Å². The molecule has 23 heavy (non-hydrogen) atoms. The number of carbonyl (C=O) groups excluding carboxylic acids is 1. The topological polar surface area (TPSA) is 77.1 Å². The molecule has 1 aromatic carbocycles. The van der Waals surface area contributed by atoms with Gasteiger partial charge in [0, 0.05) is 18.8 Å². The minimum absolute atomic E-state index is 0.247. The molecule has 0 atom stereocenters. The fourth-order valence-corrected chi connectivity index (χ4v) is 2.40. The Morgan fingerprint density at radius 2 is 2.09 bits per heavy atom. The fourth-order valence-electron chi connectivity index (χ4n) is 2.40. The molecule has 0 aliphatic rings. The molecule has 6 nitrogen and oxygen atoms in total. The van der Waals surface area contributed by atoms with E-state index in [9.17, 15) is 4.79 Å². The molecule has 2 rings (SSSR count). The largest absolute Gasteiger partial charge is 0.493 e. The summed E-state index contributed by atoms with van der Waals surface area (Å²) >= 11 is 0. The van der Waals surface area contributed by atoms with E-state index >= 15 is 0 Å². The Bertz CT molecular complexity index is 772. The lowest BCUT2D eigenvalue weighted by Gasteiger charge is -2.09. The maximum atomic E-state index is 12.1. The summed E-state index contributed by atoms with van der Waals surface area (Å²) in [6, 6.07) is 6.70. The van der Waals surface area contributed by atoms with Gasteiger partial charge in [0.15, 0.2) is 11.5 Å². The molecular formula is C17H19N3O3. The third-order valence-electron chi connectivity index (χ3n) is 3.75. The van der Waals surface area contributed by atoms with Crippen LogP contribution in [0.4, 0.5) is 0 Å². The molecule has 0 unspecified atom stereocenters. The van der Waals surface area contributed by atoms with Crippen molar-refractivity contribution < 1.29 is 14.3 Å². The van der Waals surface area contributed by atoms with Crippen molar-refractivity contribution >= 4 is 5.97 Å². The van der Waals surface area contributed by atoms with Gasteiger partial charge in [0.05, 0.1) is 30.9 Å². The monoisotopic (exact) mass is 313 g/mol. The molecule has 1 aromatic heterocycles. The molecule has 0 spiro atoms. The van der Waals surface area contributed by atoms with Crippen LogP contribution in [0.2, 0.25) is 0 Å². The van der Waals surface area contributed by atoms with Crippen molar-refractivity contribution in [1.82, 2.24) is 9.78 Å². The average molecular weight is 313 g/mol. The van der Waals surface area contributed by atoms with Gasteiger partial charge in [-0.25, -0.2) is 0 Å². The van der Waals surface area contributed by atoms with Crippen LogP contribution in [0.1, 0.15) is 28.9 Å². The van der Waals surface area contributed by atoms with Gasteiger partial charge in [-0.05, 0) is 38.0 Å². The summed E-state index contributed by atoms with van der Waals surface area (Å²) < 4.78 is 12.3. The quantitative estimate of drug-likeness (QED) is 0.626. The van der Waals surface area contributed by atoms with Gasteiger partial charge in [0.25, 0.3) is 0 Å². The Hall–Kier alpha value is -2.81. The van der Waals surface area contributed by atoms with Crippen molar-refractivity contribution in [3.05, 3.63) is 40.7 Å². The number of esters is 1. The number of nitrogens with zero attached hydrogens (tertiary/aromatic N) is 3. The minimum Gasteiger partial charge on any atom is -0.493 e. The SMILES string of the molecule is COc1cc(C#N)ccc1OC(=O)CCc1c(C)nn(C)c1C. The fraction of sp³-hybridized carbons (Fsp3) is 0.353. The van der Waals surface area contributed by atoms with Gasteiger partial charge in [-0.1, -0.05) is 0 Å². The highest BCUT2D eigenvalue weighted by Crippen LogP contribution is 2.28. The number of rotatable bonds is 5. The minimum atomic E-state index is -0.351. The standard InChI is InChI=1S/C17H19N3O3/c1-11-14(12(2)20(3)19-11)6-8-17(21)23-15-7-5-13(10-18)9-16(15)22-4/h5,7,9H,6,8H2,1-4H3. The first-order valence-electron chi connectivity index (χ1n) is 7.24. The van der Waals surface area contributed by atoms with E-state index in [2.05, 4.69) is 5.10 Å². The number of benzene rings is 1. The van der Waals surface area contributed by atoms with Crippen LogP contribution >= 0.6 is 0 Å². The second kappa shape index (κ2) is 6.97. The summed E-state index contributed by atoms with van der Waals surface area (Å²) in [6.07, 6.45) is 0.819. The molecule has 1 heterocycles. The first-order valence-corrected chi connectivity index (χ1v) is 7.24. The molecule has 0 aliphatic heterocycles. The second-order valence-corrected chi connectivity index (χ2v) is 5.22. The highest BCUT2D eigenvalue weighted by Gasteiger charge is 2.14. The van der Waals surface area contributed by atoms with Crippen LogP contribution in [-0.2, 0) is 18.3 Å². The van der Waals surface area contributed by atoms with E-state index in [4.69, 9.17) is 14.7 Å². The van der Waals surface area contributed by atoms with Gasteiger partial charge in [0.2, 0.25) is 0 Å². The van der Waals surface area contributed by atoms with Crippen LogP contribution < -0.4 is 9.47 Å². The number of nitriles is 1. The molecule has 0 N–H and O–H groups in total. The molecule has 0 amide bonds. The summed E-state index contributed by atoms with van der Waals surface area (Å²) in [5.74, 6) is 0.331. The molecule has 120 valence electrons. The molecule has 0 saturated carbocycles. The van der Waals surface area contributed by atoms with E-state index < -0.39 is 0 Å². The highest BCUT2D eigenvalue weighted by atomic mass is 16.6. The zero-order chi connectivity index (χ0) is 17.0. The molecule has 0 bridgehead atoms. The zero-order valence-corrected chi connectivity index (χ0v) is 13.7. The number of methoxy groups -OCH3 is 1. The number of carbonyl (C=O) groups is 1. The molecule has 0 saturated heterocycles. The third-order valence-corrected chi connectivity index (χ3v) is 3.75. The summed E-state index contributed by atoms with van der Waals surface area (Å²) in [4.78, 5) is 12.1. The first-order chi connectivity index (χ1) is 11.0. The van der Waals surface area contributed by atoms with Crippen molar-refractivity contribution in [2.24, 2.45) is 7.05 Å². The zero-order valence-electron chi connectivity index (χ0n) is 13.7. The number of hydrogen-bond donors (Lipinski definition) is 0. The summed E-state index contributed by atoms with van der Waals surface area (Å²) in [5, 5.41) is 13.2. The van der Waals surface area contributed by atoms with Crippen molar-refractivity contribution in [1.29, 1.82) is 5.26 Å². The van der Waals surface area contributed by atoms with Crippen molar-refractivity contribution in [3.8, 4) is 17.6 Å². The summed E-state index contributed by atoms with van der Waals surface area (Å²) in [7, 11) is 3.35.